The van der Waals surface area contributed by atoms with E-state index in [4.69, 9.17) is 10.1 Å². The van der Waals surface area contributed by atoms with Crippen LogP contribution in [0.15, 0.2) is 0 Å². The van der Waals surface area contributed by atoms with Crippen molar-refractivity contribution in [2.24, 2.45) is 5.92 Å². The lowest BCUT2D eigenvalue weighted by molar-refractivity contribution is -0.149. The fraction of sp³-hybridized carbons (Fsp3) is 0.692. The van der Waals surface area contributed by atoms with E-state index in [1.807, 2.05) is 0 Å². The molecule has 112 valence electrons. The third-order valence-electron chi connectivity index (χ3n) is 2.75. The van der Waals surface area contributed by atoms with E-state index in [0.29, 0.717) is 6.29 Å². The third-order valence-corrected chi connectivity index (χ3v) is 2.75. The molecule has 1 N–H and O–H groups in total. The van der Waals surface area contributed by atoms with Crippen LogP contribution >= 0.6 is 0 Å². The van der Waals surface area contributed by atoms with Crippen molar-refractivity contribution in [1.29, 1.82) is 5.41 Å². The second-order valence-electron chi connectivity index (χ2n) is 5.71. The van der Waals surface area contributed by atoms with Gasteiger partial charge in [-0.25, -0.2) is 9.18 Å². The Kier molecular flexibility index (Phi) is 4.97. The van der Waals surface area contributed by atoms with Crippen molar-refractivity contribution in [3.05, 3.63) is 0 Å². The number of likely N-dealkylation sites (tertiary alicyclic amines) is 1. The molecule has 0 aromatic rings. The molecule has 0 saturated carbocycles. The van der Waals surface area contributed by atoms with Gasteiger partial charge in [0.15, 0.2) is 0 Å². The van der Waals surface area contributed by atoms with E-state index in [2.05, 4.69) is 0 Å². The molecule has 0 spiro atoms. The van der Waals surface area contributed by atoms with Crippen LogP contribution in [-0.4, -0.2) is 53.6 Å². The van der Waals surface area contributed by atoms with Gasteiger partial charge >= 0.3 is 5.97 Å². The fourth-order valence-corrected chi connectivity index (χ4v) is 1.74. The Hall–Kier alpha value is -1.79. The summed E-state index contributed by atoms with van der Waals surface area (Å²) in [6.07, 6.45) is -0.898. The summed E-state index contributed by atoms with van der Waals surface area (Å²) in [6, 6.07) is 0. The first kappa shape index (κ1) is 16.3. The minimum Gasteiger partial charge on any atom is -0.455 e. The van der Waals surface area contributed by atoms with Crippen molar-refractivity contribution in [1.82, 2.24) is 4.90 Å². The number of rotatable bonds is 5. The van der Waals surface area contributed by atoms with Crippen LogP contribution in [0.2, 0.25) is 0 Å². The first-order valence-electron chi connectivity index (χ1n) is 6.34. The number of hydrogen-bond acceptors (Lipinski definition) is 5. The van der Waals surface area contributed by atoms with Crippen molar-refractivity contribution in [3.8, 4) is 0 Å². The largest absolute Gasteiger partial charge is 0.455 e. The summed E-state index contributed by atoms with van der Waals surface area (Å²) in [5.41, 5.74) is -1.36. The predicted octanol–water partition coefficient (Wildman–Crippen LogP) is 0.733. The third kappa shape index (κ3) is 4.11. The highest BCUT2D eigenvalue weighted by Gasteiger charge is 2.38. The molecule has 1 heterocycles. The minimum absolute atomic E-state index is 0.0597. The Morgan fingerprint density at radius 3 is 2.40 bits per heavy atom. The molecular formula is C13H19FN2O4. The number of alkyl halides is 1. The number of carbonyl (C=O) groups excluding carboxylic acids is 3. The number of hydrogen-bond donors (Lipinski definition) is 1. The van der Waals surface area contributed by atoms with Gasteiger partial charge in [-0.3, -0.25) is 10.2 Å². The lowest BCUT2D eigenvalue weighted by atomic mass is 9.96. The van der Waals surface area contributed by atoms with Crippen LogP contribution in [0.5, 0.6) is 0 Å². The quantitative estimate of drug-likeness (QED) is 0.458. The maximum atomic E-state index is 12.8. The number of halogens is 1. The average molecular weight is 286 g/mol. The molecule has 1 aliphatic heterocycles. The second-order valence-corrected chi connectivity index (χ2v) is 5.71. The Morgan fingerprint density at radius 1 is 1.45 bits per heavy atom. The molecule has 0 aliphatic carbocycles. The van der Waals surface area contributed by atoms with Gasteiger partial charge < -0.3 is 14.4 Å². The molecule has 1 amide bonds. The van der Waals surface area contributed by atoms with E-state index in [9.17, 15) is 18.8 Å². The predicted molar refractivity (Wildman–Crippen MR) is 69.2 cm³/mol. The Morgan fingerprint density at radius 2 is 2.00 bits per heavy atom. The van der Waals surface area contributed by atoms with Crippen molar-refractivity contribution in [2.45, 2.75) is 39.0 Å². The Balaban J connectivity index is 2.74. The highest BCUT2D eigenvalue weighted by Crippen LogP contribution is 2.19. The number of nitrogens with zero attached hydrogens (tertiary/aromatic N) is 1. The van der Waals surface area contributed by atoms with Gasteiger partial charge in [0.1, 0.15) is 23.8 Å². The molecule has 0 aromatic heterocycles. The van der Waals surface area contributed by atoms with Gasteiger partial charge in [0.05, 0.1) is 19.0 Å². The van der Waals surface area contributed by atoms with Crippen LogP contribution in [0.3, 0.4) is 0 Å². The van der Waals surface area contributed by atoms with E-state index < -0.39 is 35.3 Å². The standard InChI is InChI=1S/C13H19FN2O4/c1-13(2,3)20-12(19)10(15)9(4-5-17)11(18)16-6-8(14)7-16/h5,8-9,15H,4,6-7H2,1-3H3/t9-/m0/s1. The summed E-state index contributed by atoms with van der Waals surface area (Å²) >= 11 is 0. The topological polar surface area (TPSA) is 87.5 Å². The summed E-state index contributed by atoms with van der Waals surface area (Å²) in [4.78, 5) is 35.6. The molecular weight excluding hydrogens is 267 g/mol. The van der Waals surface area contributed by atoms with Crippen molar-refractivity contribution < 1.29 is 23.5 Å². The maximum Gasteiger partial charge on any atom is 0.353 e. The molecule has 1 fully saturated rings. The zero-order valence-electron chi connectivity index (χ0n) is 11.8. The van der Waals surface area contributed by atoms with Gasteiger partial charge in [-0.1, -0.05) is 0 Å². The zero-order valence-corrected chi connectivity index (χ0v) is 11.8. The molecule has 0 unspecified atom stereocenters. The van der Waals surface area contributed by atoms with Crippen LogP contribution in [-0.2, 0) is 19.1 Å². The molecule has 6 nitrogen and oxygen atoms in total. The van der Waals surface area contributed by atoms with Crippen LogP contribution in [0.4, 0.5) is 4.39 Å². The SMILES string of the molecule is CC(C)(C)OC(=O)C(=N)[C@H](CC=O)C(=O)N1CC(F)C1. The minimum atomic E-state index is -1.20. The lowest BCUT2D eigenvalue weighted by Gasteiger charge is -2.36. The normalized spacial score (nSPS) is 17.1. The highest BCUT2D eigenvalue weighted by molar-refractivity contribution is 6.40. The number of amides is 1. The molecule has 1 aliphatic rings. The second kappa shape index (κ2) is 6.11. The van der Waals surface area contributed by atoms with E-state index in [0.717, 1.165) is 0 Å². The van der Waals surface area contributed by atoms with Gasteiger partial charge in [0, 0.05) is 6.42 Å². The van der Waals surface area contributed by atoms with E-state index in [-0.39, 0.29) is 19.5 Å². The summed E-state index contributed by atoms with van der Waals surface area (Å²) in [6.45, 7) is 4.79. The molecule has 0 aromatic carbocycles. The highest BCUT2D eigenvalue weighted by atomic mass is 19.1. The van der Waals surface area contributed by atoms with Crippen LogP contribution in [0, 0.1) is 11.3 Å². The molecule has 1 atom stereocenters. The fourth-order valence-electron chi connectivity index (χ4n) is 1.74. The van der Waals surface area contributed by atoms with E-state index in [1.54, 1.807) is 20.8 Å². The first-order chi connectivity index (χ1) is 9.15. The first-order valence-corrected chi connectivity index (χ1v) is 6.34. The van der Waals surface area contributed by atoms with Gasteiger partial charge in [0.25, 0.3) is 0 Å². The van der Waals surface area contributed by atoms with Crippen LogP contribution < -0.4 is 0 Å². The Labute approximate surface area is 116 Å². The molecule has 7 heteroatoms. The van der Waals surface area contributed by atoms with Gasteiger partial charge in [0.2, 0.25) is 5.91 Å². The number of aldehydes is 1. The number of esters is 1. The number of carbonyl (C=O) groups is 3. The van der Waals surface area contributed by atoms with Crippen LogP contribution in [0.25, 0.3) is 0 Å². The number of ether oxygens (including phenoxy) is 1. The number of nitrogens with one attached hydrogen (secondary N) is 1. The van der Waals surface area contributed by atoms with E-state index in [1.165, 1.54) is 4.90 Å². The smallest absolute Gasteiger partial charge is 0.353 e. The summed E-state index contributed by atoms with van der Waals surface area (Å²) in [7, 11) is 0. The lowest BCUT2D eigenvalue weighted by Crippen LogP contribution is -2.55. The molecule has 0 bridgehead atoms. The van der Waals surface area contributed by atoms with Gasteiger partial charge in [-0.05, 0) is 20.8 Å². The summed E-state index contributed by atoms with van der Waals surface area (Å²) in [5.74, 6) is -2.72. The zero-order chi connectivity index (χ0) is 15.5. The average Bonchev–Trinajstić information content (AvgIpc) is 2.28. The van der Waals surface area contributed by atoms with Gasteiger partial charge in [-0.15, -0.1) is 0 Å². The summed E-state index contributed by atoms with van der Waals surface area (Å²) in [5, 5.41) is 7.73. The van der Waals surface area contributed by atoms with Crippen LogP contribution in [0.1, 0.15) is 27.2 Å². The van der Waals surface area contributed by atoms with Crippen molar-refractivity contribution in [2.75, 3.05) is 13.1 Å². The molecule has 1 rings (SSSR count). The summed E-state index contributed by atoms with van der Waals surface area (Å²) < 4.78 is 17.8. The van der Waals surface area contributed by atoms with E-state index >= 15 is 0 Å². The molecule has 1 saturated heterocycles. The van der Waals surface area contributed by atoms with Gasteiger partial charge in [-0.2, -0.15) is 0 Å². The van der Waals surface area contributed by atoms with Crippen molar-refractivity contribution in [3.63, 3.8) is 0 Å². The monoisotopic (exact) mass is 286 g/mol. The van der Waals surface area contributed by atoms with Crippen molar-refractivity contribution >= 4 is 23.9 Å². The maximum absolute atomic E-state index is 12.8. The molecule has 20 heavy (non-hydrogen) atoms. The Bertz CT molecular complexity index is 425. The molecule has 0 radical (unpaired) electrons.